The molecular formula is C17H18BrClN2O4. The van der Waals surface area contributed by atoms with Gasteiger partial charge in [-0.25, -0.2) is 4.79 Å². The Morgan fingerprint density at radius 1 is 1.36 bits per heavy atom. The van der Waals surface area contributed by atoms with Crippen LogP contribution in [-0.4, -0.2) is 42.4 Å². The number of esters is 1. The lowest BCUT2D eigenvalue weighted by Crippen LogP contribution is -2.30. The minimum atomic E-state index is -0.613. The van der Waals surface area contributed by atoms with Crippen molar-refractivity contribution in [1.29, 1.82) is 0 Å². The van der Waals surface area contributed by atoms with Gasteiger partial charge in [-0.05, 0) is 47.8 Å². The highest BCUT2D eigenvalue weighted by molar-refractivity contribution is 9.10. The molecule has 1 aromatic carbocycles. The monoisotopic (exact) mass is 428 g/mol. The lowest BCUT2D eigenvalue weighted by Gasteiger charge is -2.19. The molecule has 0 atom stereocenters. The van der Waals surface area contributed by atoms with Crippen molar-refractivity contribution in [3.8, 4) is 0 Å². The predicted octanol–water partition coefficient (Wildman–Crippen LogP) is 3.39. The minimum Gasteiger partial charge on any atom is -0.463 e. The zero-order valence-corrected chi connectivity index (χ0v) is 16.2. The zero-order chi connectivity index (χ0) is 18.6. The number of hydrogen-bond donors (Lipinski definition) is 1. The summed E-state index contributed by atoms with van der Waals surface area (Å²) in [6.45, 7) is 1.89. The summed E-state index contributed by atoms with van der Waals surface area (Å²) < 4.78 is 5.19. The summed E-state index contributed by atoms with van der Waals surface area (Å²) >= 11 is 9.37. The molecule has 1 aromatic rings. The molecule has 2 rings (SSSR count). The maximum absolute atomic E-state index is 12.7. The smallest absolute Gasteiger partial charge is 0.330 e. The van der Waals surface area contributed by atoms with E-state index in [1.165, 1.54) is 6.07 Å². The van der Waals surface area contributed by atoms with Gasteiger partial charge in [0.15, 0.2) is 0 Å². The van der Waals surface area contributed by atoms with Gasteiger partial charge >= 0.3 is 5.97 Å². The topological polar surface area (TPSA) is 75.7 Å². The SMILES string of the molecule is CCOC(=O)/C=C/C(=O)Nc1c(Br)cc(Cl)cc1C(=O)N(C)C1CC1. The van der Waals surface area contributed by atoms with E-state index in [1.54, 1.807) is 24.9 Å². The van der Waals surface area contributed by atoms with E-state index in [9.17, 15) is 14.4 Å². The molecule has 8 heteroatoms. The van der Waals surface area contributed by atoms with Crippen molar-refractivity contribution in [2.24, 2.45) is 0 Å². The number of carbonyl (C=O) groups excluding carboxylic acids is 3. The second-order valence-electron chi connectivity index (χ2n) is 5.53. The van der Waals surface area contributed by atoms with Gasteiger partial charge in [0.1, 0.15) is 0 Å². The highest BCUT2D eigenvalue weighted by Crippen LogP contribution is 2.34. The molecule has 0 heterocycles. The Hall–Kier alpha value is -1.86. The number of nitrogens with one attached hydrogen (secondary N) is 1. The summed E-state index contributed by atoms with van der Waals surface area (Å²) in [5.41, 5.74) is 0.590. The first-order valence-electron chi connectivity index (χ1n) is 7.75. The van der Waals surface area contributed by atoms with Crippen molar-refractivity contribution in [3.63, 3.8) is 0 Å². The van der Waals surface area contributed by atoms with Crippen LogP contribution in [0.25, 0.3) is 0 Å². The number of amides is 2. The summed E-state index contributed by atoms with van der Waals surface area (Å²) in [6, 6.07) is 3.32. The van der Waals surface area contributed by atoms with Crippen LogP contribution in [0.3, 0.4) is 0 Å². The normalized spacial score (nSPS) is 13.6. The van der Waals surface area contributed by atoms with Gasteiger partial charge in [0.05, 0.1) is 17.9 Å². The van der Waals surface area contributed by atoms with Gasteiger partial charge in [-0.3, -0.25) is 9.59 Å². The molecule has 0 saturated heterocycles. The van der Waals surface area contributed by atoms with Crippen molar-refractivity contribution in [3.05, 3.63) is 39.3 Å². The first-order valence-corrected chi connectivity index (χ1v) is 8.92. The van der Waals surface area contributed by atoms with Crippen LogP contribution in [0, 0.1) is 0 Å². The summed E-state index contributed by atoms with van der Waals surface area (Å²) in [5.74, 6) is -1.40. The molecule has 1 fully saturated rings. The van der Waals surface area contributed by atoms with Crippen molar-refractivity contribution >= 4 is 51.0 Å². The maximum atomic E-state index is 12.7. The number of halogens is 2. The lowest BCUT2D eigenvalue weighted by atomic mass is 10.1. The van der Waals surface area contributed by atoms with Crippen LogP contribution in [0.2, 0.25) is 5.02 Å². The molecule has 0 unspecified atom stereocenters. The Kier molecular flexibility index (Phi) is 6.61. The van der Waals surface area contributed by atoms with Gasteiger partial charge < -0.3 is 15.0 Å². The average Bonchev–Trinajstić information content (AvgIpc) is 3.39. The van der Waals surface area contributed by atoms with Crippen molar-refractivity contribution < 1.29 is 19.1 Å². The summed E-state index contributed by atoms with van der Waals surface area (Å²) in [7, 11) is 1.72. The van der Waals surface area contributed by atoms with Crippen LogP contribution >= 0.6 is 27.5 Å². The third-order valence-electron chi connectivity index (χ3n) is 3.61. The molecule has 1 N–H and O–H groups in total. The van der Waals surface area contributed by atoms with Gasteiger partial charge in [0.2, 0.25) is 5.91 Å². The Morgan fingerprint density at radius 2 is 2.04 bits per heavy atom. The van der Waals surface area contributed by atoms with Crippen molar-refractivity contribution in [2.45, 2.75) is 25.8 Å². The van der Waals surface area contributed by atoms with Gasteiger partial charge in [-0.1, -0.05) is 11.6 Å². The Bertz CT molecular complexity index is 732. The van der Waals surface area contributed by atoms with E-state index in [4.69, 9.17) is 16.3 Å². The fourth-order valence-corrected chi connectivity index (χ4v) is 3.10. The van der Waals surface area contributed by atoms with Crippen LogP contribution in [0.1, 0.15) is 30.1 Å². The number of nitrogens with zero attached hydrogens (tertiary/aromatic N) is 1. The molecule has 0 aliphatic heterocycles. The summed E-state index contributed by atoms with van der Waals surface area (Å²) in [6.07, 6.45) is 4.01. The highest BCUT2D eigenvalue weighted by atomic mass is 79.9. The number of ether oxygens (including phenoxy) is 1. The van der Waals surface area contributed by atoms with Gasteiger partial charge in [0, 0.05) is 34.7 Å². The van der Waals surface area contributed by atoms with E-state index in [0.717, 1.165) is 25.0 Å². The fourth-order valence-electron chi connectivity index (χ4n) is 2.19. The highest BCUT2D eigenvalue weighted by Gasteiger charge is 2.31. The van der Waals surface area contributed by atoms with Crippen LogP contribution in [-0.2, 0) is 14.3 Å². The first-order chi connectivity index (χ1) is 11.8. The second-order valence-corrected chi connectivity index (χ2v) is 6.82. The van der Waals surface area contributed by atoms with E-state index >= 15 is 0 Å². The molecular weight excluding hydrogens is 412 g/mol. The molecule has 25 heavy (non-hydrogen) atoms. The molecule has 2 amide bonds. The van der Waals surface area contributed by atoms with E-state index in [0.29, 0.717) is 15.2 Å². The average molecular weight is 430 g/mol. The second kappa shape index (κ2) is 8.49. The van der Waals surface area contributed by atoms with Crippen molar-refractivity contribution in [1.82, 2.24) is 4.90 Å². The van der Waals surface area contributed by atoms with Gasteiger partial charge in [-0.15, -0.1) is 0 Å². The largest absolute Gasteiger partial charge is 0.463 e. The molecule has 0 bridgehead atoms. The van der Waals surface area contributed by atoms with E-state index in [-0.39, 0.29) is 24.1 Å². The molecule has 134 valence electrons. The van der Waals surface area contributed by atoms with Crippen LogP contribution in [0.15, 0.2) is 28.8 Å². The third-order valence-corrected chi connectivity index (χ3v) is 4.45. The summed E-state index contributed by atoms with van der Waals surface area (Å²) in [4.78, 5) is 37.7. The van der Waals surface area contributed by atoms with E-state index < -0.39 is 11.9 Å². The van der Waals surface area contributed by atoms with Crippen LogP contribution in [0.5, 0.6) is 0 Å². The van der Waals surface area contributed by atoms with Gasteiger partial charge in [0.25, 0.3) is 5.91 Å². The van der Waals surface area contributed by atoms with Crippen molar-refractivity contribution in [2.75, 3.05) is 19.0 Å². The van der Waals surface area contributed by atoms with E-state index in [1.807, 2.05) is 0 Å². The third kappa shape index (κ3) is 5.31. The fraction of sp³-hybridized carbons (Fsp3) is 0.353. The Labute approximate surface area is 159 Å². The number of hydrogen-bond acceptors (Lipinski definition) is 4. The number of benzene rings is 1. The standard InChI is InChI=1S/C17H18BrClN2O4/c1-3-25-15(23)7-6-14(22)20-16-12(8-10(19)9-13(16)18)17(24)21(2)11-4-5-11/h6-9,11H,3-5H2,1-2H3,(H,20,22)/b7-6+. The predicted molar refractivity (Wildman–Crippen MR) is 98.7 cm³/mol. The number of rotatable bonds is 6. The van der Waals surface area contributed by atoms with E-state index in [2.05, 4.69) is 21.2 Å². The quantitative estimate of drug-likeness (QED) is 0.555. The number of anilines is 1. The zero-order valence-electron chi connectivity index (χ0n) is 13.8. The maximum Gasteiger partial charge on any atom is 0.330 e. The molecule has 6 nitrogen and oxygen atoms in total. The Morgan fingerprint density at radius 3 is 2.64 bits per heavy atom. The molecule has 0 spiro atoms. The molecule has 1 aliphatic carbocycles. The molecule has 1 aliphatic rings. The van der Waals surface area contributed by atoms with Crippen LogP contribution < -0.4 is 5.32 Å². The minimum absolute atomic E-state index is 0.220. The molecule has 0 aromatic heterocycles. The van der Waals surface area contributed by atoms with Crippen LogP contribution in [0.4, 0.5) is 5.69 Å². The molecule has 0 radical (unpaired) electrons. The number of carbonyl (C=O) groups is 3. The lowest BCUT2D eigenvalue weighted by molar-refractivity contribution is -0.137. The molecule has 1 saturated carbocycles. The summed E-state index contributed by atoms with van der Waals surface area (Å²) in [5, 5.41) is 2.99. The van der Waals surface area contributed by atoms with Gasteiger partial charge in [-0.2, -0.15) is 0 Å². The Balaban J connectivity index is 2.22. The first kappa shape index (κ1) is 19.5.